The van der Waals surface area contributed by atoms with Crippen molar-refractivity contribution in [2.45, 2.75) is 44.6 Å². The number of hydrogen-bond donors (Lipinski definition) is 2. The molecule has 5 nitrogen and oxygen atoms in total. The Hall–Kier alpha value is -1.39. The molecule has 0 spiro atoms. The first-order chi connectivity index (χ1) is 7.65. The maximum absolute atomic E-state index is 11.6. The van der Waals surface area contributed by atoms with Crippen molar-refractivity contribution in [3.8, 4) is 0 Å². The van der Waals surface area contributed by atoms with E-state index in [1.165, 1.54) is 6.42 Å². The van der Waals surface area contributed by atoms with E-state index in [0.29, 0.717) is 25.2 Å². The van der Waals surface area contributed by atoms with E-state index in [-0.39, 0.29) is 17.7 Å². The molecule has 0 aromatic heterocycles. The second-order valence-corrected chi connectivity index (χ2v) is 4.57. The Morgan fingerprint density at radius 2 is 2.06 bits per heavy atom. The second-order valence-electron chi connectivity index (χ2n) is 4.57. The zero-order valence-electron chi connectivity index (χ0n) is 9.12. The Kier molecular flexibility index (Phi) is 3.22. The normalized spacial score (nSPS) is 25.9. The van der Waals surface area contributed by atoms with Crippen molar-refractivity contribution in [1.82, 2.24) is 10.6 Å². The fourth-order valence-corrected chi connectivity index (χ4v) is 2.04. The summed E-state index contributed by atoms with van der Waals surface area (Å²) in [6.45, 7) is 0. The van der Waals surface area contributed by atoms with Gasteiger partial charge in [0.15, 0.2) is 0 Å². The first kappa shape index (κ1) is 11.1. The van der Waals surface area contributed by atoms with Gasteiger partial charge in [-0.1, -0.05) is 6.42 Å². The molecule has 2 N–H and O–H groups in total. The van der Waals surface area contributed by atoms with E-state index in [1.807, 2.05) is 0 Å². The van der Waals surface area contributed by atoms with Gasteiger partial charge in [-0.2, -0.15) is 0 Å². The van der Waals surface area contributed by atoms with Gasteiger partial charge in [0.1, 0.15) is 6.04 Å². The first-order valence-electron chi connectivity index (χ1n) is 5.78. The first-order valence-corrected chi connectivity index (χ1v) is 5.78. The number of carbonyl (C=O) groups excluding carboxylic acids is 3. The smallest absolute Gasteiger partial charge is 0.249 e. The molecular weight excluding hydrogens is 208 g/mol. The van der Waals surface area contributed by atoms with Gasteiger partial charge in [0.05, 0.1) is 0 Å². The Morgan fingerprint density at radius 1 is 1.31 bits per heavy atom. The third-order valence-electron chi connectivity index (χ3n) is 3.27. The Bertz CT molecular complexity index is 323. The van der Waals surface area contributed by atoms with E-state index >= 15 is 0 Å². The van der Waals surface area contributed by atoms with E-state index in [4.69, 9.17) is 0 Å². The highest BCUT2D eigenvalue weighted by molar-refractivity contribution is 6.01. The molecule has 2 fully saturated rings. The number of imide groups is 1. The molecule has 1 saturated carbocycles. The molecule has 1 aliphatic heterocycles. The van der Waals surface area contributed by atoms with Crippen LogP contribution in [0.3, 0.4) is 0 Å². The number of hydrogen-bond acceptors (Lipinski definition) is 3. The summed E-state index contributed by atoms with van der Waals surface area (Å²) in [6, 6.07) is -0.523. The molecule has 3 amide bonds. The van der Waals surface area contributed by atoms with Crippen LogP contribution in [0.5, 0.6) is 0 Å². The lowest BCUT2D eigenvalue weighted by molar-refractivity contribution is -0.137. The van der Waals surface area contributed by atoms with E-state index in [9.17, 15) is 14.4 Å². The maximum atomic E-state index is 11.6. The van der Waals surface area contributed by atoms with Crippen LogP contribution in [-0.2, 0) is 14.4 Å². The molecule has 0 bridgehead atoms. The average molecular weight is 224 g/mol. The minimum atomic E-state index is -0.523. The van der Waals surface area contributed by atoms with E-state index < -0.39 is 6.04 Å². The van der Waals surface area contributed by atoms with Crippen molar-refractivity contribution < 1.29 is 14.4 Å². The van der Waals surface area contributed by atoms with Crippen LogP contribution in [0.15, 0.2) is 0 Å². The number of nitrogens with one attached hydrogen (secondary N) is 2. The van der Waals surface area contributed by atoms with E-state index in [0.717, 1.165) is 12.8 Å². The summed E-state index contributed by atoms with van der Waals surface area (Å²) >= 11 is 0. The number of piperidine rings is 1. The van der Waals surface area contributed by atoms with Crippen LogP contribution in [0, 0.1) is 5.92 Å². The molecule has 0 aromatic rings. The van der Waals surface area contributed by atoms with Crippen molar-refractivity contribution in [3.63, 3.8) is 0 Å². The Balaban J connectivity index is 1.77. The minimum absolute atomic E-state index is 0.0702. The maximum Gasteiger partial charge on any atom is 0.249 e. The molecule has 1 aliphatic carbocycles. The summed E-state index contributed by atoms with van der Waals surface area (Å²) in [5.41, 5.74) is 0. The topological polar surface area (TPSA) is 75.3 Å². The number of carbonyl (C=O) groups is 3. The quantitative estimate of drug-likeness (QED) is 0.667. The summed E-state index contributed by atoms with van der Waals surface area (Å²) in [6.07, 6.45) is 4.67. The Labute approximate surface area is 94.0 Å². The van der Waals surface area contributed by atoms with Gasteiger partial charge in [0.2, 0.25) is 17.7 Å². The van der Waals surface area contributed by atoms with E-state index in [2.05, 4.69) is 10.6 Å². The van der Waals surface area contributed by atoms with Gasteiger partial charge in [-0.15, -0.1) is 0 Å². The Morgan fingerprint density at radius 3 is 2.62 bits per heavy atom. The van der Waals surface area contributed by atoms with Gasteiger partial charge in [0.25, 0.3) is 0 Å². The molecular formula is C11H16N2O3. The minimum Gasteiger partial charge on any atom is -0.344 e. The SMILES string of the molecule is O=C1CCC(NC(=O)CC2CCC2)C(=O)N1. The highest BCUT2D eigenvalue weighted by Gasteiger charge is 2.29. The summed E-state index contributed by atoms with van der Waals surface area (Å²) in [4.78, 5) is 33.8. The molecule has 1 unspecified atom stereocenters. The summed E-state index contributed by atoms with van der Waals surface area (Å²) in [7, 11) is 0. The molecule has 2 rings (SSSR count). The molecule has 0 radical (unpaired) electrons. The van der Waals surface area contributed by atoms with Crippen molar-refractivity contribution in [1.29, 1.82) is 0 Å². The molecule has 1 atom stereocenters. The highest BCUT2D eigenvalue weighted by atomic mass is 16.2. The van der Waals surface area contributed by atoms with Crippen LogP contribution in [0.1, 0.15) is 38.5 Å². The third kappa shape index (κ3) is 2.59. The fourth-order valence-electron chi connectivity index (χ4n) is 2.04. The standard InChI is InChI=1S/C11H16N2O3/c14-9-5-4-8(11(16)13-9)12-10(15)6-7-2-1-3-7/h7-8H,1-6H2,(H,12,15)(H,13,14,16). The van der Waals surface area contributed by atoms with Crippen LogP contribution < -0.4 is 10.6 Å². The zero-order valence-corrected chi connectivity index (χ0v) is 9.12. The largest absolute Gasteiger partial charge is 0.344 e. The van der Waals surface area contributed by atoms with Gasteiger partial charge >= 0.3 is 0 Å². The predicted octanol–water partition coefficient (Wildman–Crippen LogP) is 0.0980. The van der Waals surface area contributed by atoms with Crippen molar-refractivity contribution >= 4 is 17.7 Å². The van der Waals surface area contributed by atoms with Crippen molar-refractivity contribution in [2.75, 3.05) is 0 Å². The van der Waals surface area contributed by atoms with Crippen molar-refractivity contribution in [2.24, 2.45) is 5.92 Å². The molecule has 1 heterocycles. The van der Waals surface area contributed by atoms with Gasteiger partial charge in [-0.05, 0) is 25.2 Å². The summed E-state index contributed by atoms with van der Waals surface area (Å²) in [5, 5.41) is 4.91. The lowest BCUT2D eigenvalue weighted by Gasteiger charge is -2.26. The molecule has 5 heteroatoms. The molecule has 0 aromatic carbocycles. The summed E-state index contributed by atoms with van der Waals surface area (Å²) in [5.74, 6) is -0.208. The molecule has 1 saturated heterocycles. The molecule has 88 valence electrons. The molecule has 16 heavy (non-hydrogen) atoms. The van der Waals surface area contributed by atoms with Crippen LogP contribution in [0.2, 0.25) is 0 Å². The van der Waals surface area contributed by atoms with E-state index in [1.54, 1.807) is 0 Å². The second kappa shape index (κ2) is 4.63. The van der Waals surface area contributed by atoms with Crippen LogP contribution in [0.4, 0.5) is 0 Å². The molecule has 2 aliphatic rings. The summed E-state index contributed by atoms with van der Waals surface area (Å²) < 4.78 is 0. The fraction of sp³-hybridized carbons (Fsp3) is 0.727. The average Bonchev–Trinajstić information content (AvgIpc) is 2.16. The van der Waals surface area contributed by atoms with Gasteiger partial charge in [-0.25, -0.2) is 0 Å². The van der Waals surface area contributed by atoms with Crippen molar-refractivity contribution in [3.05, 3.63) is 0 Å². The zero-order chi connectivity index (χ0) is 11.5. The number of amides is 3. The highest BCUT2D eigenvalue weighted by Crippen LogP contribution is 2.29. The van der Waals surface area contributed by atoms with Gasteiger partial charge in [0, 0.05) is 12.8 Å². The van der Waals surface area contributed by atoms with Crippen LogP contribution in [0.25, 0.3) is 0 Å². The van der Waals surface area contributed by atoms with Gasteiger partial charge < -0.3 is 5.32 Å². The number of rotatable bonds is 3. The van der Waals surface area contributed by atoms with Crippen LogP contribution >= 0.6 is 0 Å². The van der Waals surface area contributed by atoms with Gasteiger partial charge in [-0.3, -0.25) is 19.7 Å². The lowest BCUT2D eigenvalue weighted by Crippen LogP contribution is -2.52. The lowest BCUT2D eigenvalue weighted by atomic mass is 9.83. The van der Waals surface area contributed by atoms with Crippen LogP contribution in [-0.4, -0.2) is 23.8 Å². The monoisotopic (exact) mass is 224 g/mol. The predicted molar refractivity (Wildman–Crippen MR) is 56.3 cm³/mol. The third-order valence-corrected chi connectivity index (χ3v) is 3.27.